The van der Waals surface area contributed by atoms with Crippen LogP contribution in [0.3, 0.4) is 0 Å². The molecule has 0 N–H and O–H groups in total. The first-order valence-electron chi connectivity index (χ1n) is 22.2. The molecule has 0 unspecified atom stereocenters. The summed E-state index contributed by atoms with van der Waals surface area (Å²) in [4.78, 5) is 2.54. The highest BCUT2D eigenvalue weighted by molar-refractivity contribution is 6.01. The van der Waals surface area contributed by atoms with E-state index in [0.717, 1.165) is 17.1 Å². The second kappa shape index (κ2) is 13.4. The van der Waals surface area contributed by atoms with Gasteiger partial charge in [-0.1, -0.05) is 202 Å². The van der Waals surface area contributed by atoms with Crippen molar-refractivity contribution in [3.8, 4) is 55.6 Å². The van der Waals surface area contributed by atoms with Gasteiger partial charge in [-0.25, -0.2) is 0 Å². The Morgan fingerprint density at radius 1 is 0.302 bits per heavy atom. The lowest BCUT2D eigenvalue weighted by atomic mass is 9.70. The average molecular weight is 802 g/mol. The van der Waals surface area contributed by atoms with Crippen LogP contribution in [0.1, 0.15) is 47.2 Å². The summed E-state index contributed by atoms with van der Waals surface area (Å²) < 4.78 is 0. The minimum atomic E-state index is -0.478. The Labute approximate surface area is 369 Å². The number of nitrogens with zero attached hydrogens (tertiary/aromatic N) is 1. The van der Waals surface area contributed by atoms with E-state index in [1.807, 2.05) is 0 Å². The van der Waals surface area contributed by atoms with Crippen molar-refractivity contribution < 1.29 is 0 Å². The highest BCUT2D eigenvalue weighted by Crippen LogP contribution is 2.64. The van der Waals surface area contributed by atoms with Crippen LogP contribution >= 0.6 is 0 Å². The molecule has 0 bridgehead atoms. The van der Waals surface area contributed by atoms with Gasteiger partial charge in [0, 0.05) is 22.4 Å². The van der Waals surface area contributed by atoms with E-state index in [4.69, 9.17) is 0 Å². The molecule has 10 aromatic carbocycles. The third-order valence-electron chi connectivity index (χ3n) is 14.5. The SMILES string of the molecule is CC1(C)c2ccccc2-c2ccc(N(c3ccc(-c4cccc5ccccc45)cc3)c3cc4c(cc3-c3ccccc3)-c3ccccc3C43c4ccccc4-c4ccccc43)cc21. The van der Waals surface area contributed by atoms with Gasteiger partial charge in [0.05, 0.1) is 11.1 Å². The molecular weight excluding hydrogens is 759 g/mol. The normalized spacial score (nSPS) is 14.1. The Morgan fingerprint density at radius 2 is 0.794 bits per heavy atom. The van der Waals surface area contributed by atoms with Crippen molar-refractivity contribution >= 4 is 27.8 Å². The molecule has 0 fully saturated rings. The standard InChI is InChI=1S/C62H43N/c1-61(2)54-27-12-8-22-47(54)51-36-35-44(37-58(51)61)63(43-33-31-42(32-34-43)46-26-16-20-40-19-6-7-21-45(40)46)60-39-59-53(38-52(60)41-17-4-3-5-18-41)50-25-11-15-30-57(50)62(59)55-28-13-9-23-48(55)49-24-10-14-29-56(49)62/h3-39H,1-2H3. The van der Waals surface area contributed by atoms with Crippen molar-refractivity contribution in [3.05, 3.63) is 258 Å². The van der Waals surface area contributed by atoms with E-state index in [1.165, 1.54) is 99.8 Å². The maximum atomic E-state index is 2.56. The van der Waals surface area contributed by atoms with Crippen molar-refractivity contribution in [1.82, 2.24) is 0 Å². The molecule has 13 rings (SSSR count). The summed E-state index contributed by atoms with van der Waals surface area (Å²) >= 11 is 0. The van der Waals surface area contributed by atoms with Crippen molar-refractivity contribution in [2.24, 2.45) is 0 Å². The summed E-state index contributed by atoms with van der Waals surface area (Å²) in [5.41, 5.74) is 23.5. The molecule has 3 aliphatic rings. The Morgan fingerprint density at radius 3 is 1.48 bits per heavy atom. The number of benzene rings is 10. The molecule has 0 aliphatic heterocycles. The highest BCUT2D eigenvalue weighted by Gasteiger charge is 2.52. The number of fused-ring (bicyclic) bond motifs is 14. The molecule has 1 spiro atoms. The molecule has 0 heterocycles. The van der Waals surface area contributed by atoms with Gasteiger partial charge < -0.3 is 4.90 Å². The van der Waals surface area contributed by atoms with E-state index in [9.17, 15) is 0 Å². The zero-order valence-electron chi connectivity index (χ0n) is 35.3. The minimum absolute atomic E-state index is 0.158. The van der Waals surface area contributed by atoms with E-state index in [2.05, 4.69) is 243 Å². The van der Waals surface area contributed by atoms with Crippen LogP contribution < -0.4 is 4.90 Å². The lowest BCUT2D eigenvalue weighted by Gasteiger charge is -2.34. The van der Waals surface area contributed by atoms with E-state index in [0.29, 0.717) is 0 Å². The first-order chi connectivity index (χ1) is 31.0. The van der Waals surface area contributed by atoms with Gasteiger partial charge >= 0.3 is 0 Å². The van der Waals surface area contributed by atoms with Crippen LogP contribution in [0.2, 0.25) is 0 Å². The molecular formula is C62H43N. The number of anilines is 3. The van der Waals surface area contributed by atoms with Crippen molar-refractivity contribution in [3.63, 3.8) is 0 Å². The van der Waals surface area contributed by atoms with Gasteiger partial charge in [-0.05, 0) is 131 Å². The van der Waals surface area contributed by atoms with Crippen molar-refractivity contribution in [2.75, 3.05) is 4.90 Å². The van der Waals surface area contributed by atoms with Gasteiger partial charge in [0.15, 0.2) is 0 Å². The second-order valence-electron chi connectivity index (χ2n) is 18.0. The predicted molar refractivity (Wildman–Crippen MR) is 263 cm³/mol. The summed E-state index contributed by atoms with van der Waals surface area (Å²) in [7, 11) is 0. The smallest absolute Gasteiger partial charge is 0.0726 e. The van der Waals surface area contributed by atoms with Gasteiger partial charge in [-0.3, -0.25) is 0 Å². The summed E-state index contributed by atoms with van der Waals surface area (Å²) in [5, 5.41) is 2.51. The van der Waals surface area contributed by atoms with Crippen LogP contribution in [0.5, 0.6) is 0 Å². The minimum Gasteiger partial charge on any atom is -0.310 e. The summed E-state index contributed by atoms with van der Waals surface area (Å²) in [6.07, 6.45) is 0. The van der Waals surface area contributed by atoms with E-state index < -0.39 is 5.41 Å². The molecule has 0 amide bonds. The number of hydrogen-bond donors (Lipinski definition) is 0. The van der Waals surface area contributed by atoms with Crippen LogP contribution in [0.25, 0.3) is 66.4 Å². The predicted octanol–water partition coefficient (Wildman–Crippen LogP) is 16.3. The molecule has 3 aliphatic carbocycles. The fourth-order valence-electron chi connectivity index (χ4n) is 11.7. The monoisotopic (exact) mass is 801 g/mol. The van der Waals surface area contributed by atoms with Crippen LogP contribution in [0.4, 0.5) is 17.1 Å². The van der Waals surface area contributed by atoms with Gasteiger partial charge in [0.2, 0.25) is 0 Å². The molecule has 0 saturated heterocycles. The maximum absolute atomic E-state index is 2.56. The maximum Gasteiger partial charge on any atom is 0.0726 e. The summed E-state index contributed by atoms with van der Waals surface area (Å²) in [5.74, 6) is 0. The Kier molecular flexibility index (Phi) is 7.64. The molecule has 0 atom stereocenters. The zero-order valence-corrected chi connectivity index (χ0v) is 35.3. The topological polar surface area (TPSA) is 3.24 Å². The fourth-order valence-corrected chi connectivity index (χ4v) is 11.7. The van der Waals surface area contributed by atoms with E-state index in [1.54, 1.807) is 0 Å². The Hall–Kier alpha value is -7.74. The van der Waals surface area contributed by atoms with Crippen molar-refractivity contribution in [2.45, 2.75) is 24.7 Å². The lowest BCUT2D eigenvalue weighted by Crippen LogP contribution is -2.26. The molecule has 1 heteroatoms. The highest BCUT2D eigenvalue weighted by atomic mass is 15.1. The number of hydrogen-bond acceptors (Lipinski definition) is 1. The third kappa shape index (κ3) is 4.99. The average Bonchev–Trinajstić information content (AvgIpc) is 3.90. The third-order valence-corrected chi connectivity index (χ3v) is 14.5. The molecule has 0 aromatic heterocycles. The van der Waals surface area contributed by atoms with Gasteiger partial charge in [0.1, 0.15) is 0 Å². The molecule has 1 nitrogen and oxygen atoms in total. The van der Waals surface area contributed by atoms with Crippen LogP contribution in [-0.4, -0.2) is 0 Å². The van der Waals surface area contributed by atoms with Crippen LogP contribution in [0.15, 0.2) is 224 Å². The molecule has 0 saturated carbocycles. The van der Waals surface area contributed by atoms with Gasteiger partial charge in [0.25, 0.3) is 0 Å². The zero-order chi connectivity index (χ0) is 41.9. The van der Waals surface area contributed by atoms with Crippen molar-refractivity contribution in [1.29, 1.82) is 0 Å². The Balaban J connectivity index is 1.11. The summed E-state index contributed by atoms with van der Waals surface area (Å²) in [6, 6.07) is 84.2. The quantitative estimate of drug-likeness (QED) is 0.168. The molecule has 0 radical (unpaired) electrons. The van der Waals surface area contributed by atoms with Gasteiger partial charge in [-0.2, -0.15) is 0 Å². The molecule has 296 valence electrons. The Bertz CT molecular complexity index is 3430. The fraction of sp³-hybridized carbons (Fsp3) is 0.0645. The first-order valence-corrected chi connectivity index (χ1v) is 22.2. The largest absolute Gasteiger partial charge is 0.310 e. The first kappa shape index (κ1) is 36.0. The number of rotatable bonds is 5. The second-order valence-corrected chi connectivity index (χ2v) is 18.0. The van der Waals surface area contributed by atoms with Crippen LogP contribution in [0, 0.1) is 0 Å². The lowest BCUT2D eigenvalue weighted by molar-refractivity contribution is 0.660. The van der Waals surface area contributed by atoms with Crippen LogP contribution in [-0.2, 0) is 10.8 Å². The molecule has 63 heavy (non-hydrogen) atoms. The van der Waals surface area contributed by atoms with E-state index >= 15 is 0 Å². The van der Waals surface area contributed by atoms with Gasteiger partial charge in [-0.15, -0.1) is 0 Å². The summed E-state index contributed by atoms with van der Waals surface area (Å²) in [6.45, 7) is 4.76. The molecule has 10 aromatic rings. The van der Waals surface area contributed by atoms with E-state index in [-0.39, 0.29) is 5.41 Å².